The second-order valence-corrected chi connectivity index (χ2v) is 7.60. The van der Waals surface area contributed by atoms with Gasteiger partial charge in [-0.3, -0.25) is 4.98 Å². The van der Waals surface area contributed by atoms with Crippen LogP contribution in [0.3, 0.4) is 0 Å². The van der Waals surface area contributed by atoms with Gasteiger partial charge >= 0.3 is 0 Å². The first-order valence-electron chi connectivity index (χ1n) is 9.14. The number of hydrogen-bond donors (Lipinski definition) is 1. The third-order valence-electron chi connectivity index (χ3n) is 4.35. The Hall–Kier alpha value is -2.94. The molecular weight excluding hydrogens is 396 g/mol. The molecule has 1 aromatic carbocycles. The van der Waals surface area contributed by atoms with Gasteiger partial charge in [-0.1, -0.05) is 0 Å². The Morgan fingerprint density at radius 1 is 0.966 bits per heavy atom. The Bertz CT molecular complexity index is 985. The monoisotopic (exact) mass is 415 g/mol. The molecule has 1 fully saturated rings. The minimum atomic E-state index is -0.953. The van der Waals surface area contributed by atoms with Gasteiger partial charge in [-0.15, -0.1) is 0 Å². The number of nitrogens with one attached hydrogen (secondary N) is 1. The van der Waals surface area contributed by atoms with Gasteiger partial charge in [0.2, 0.25) is 0 Å². The van der Waals surface area contributed by atoms with Crippen molar-refractivity contribution in [2.45, 2.75) is 6.54 Å². The van der Waals surface area contributed by atoms with Crippen molar-refractivity contribution in [1.82, 2.24) is 15.0 Å². The minimum Gasteiger partial charge on any atom is -0.457 e. The molecule has 150 valence electrons. The largest absolute Gasteiger partial charge is 0.457 e. The summed E-state index contributed by atoms with van der Waals surface area (Å²) in [4.78, 5) is 15.2. The number of anilines is 2. The van der Waals surface area contributed by atoms with E-state index in [9.17, 15) is 8.78 Å². The SMILES string of the molecule is Fc1ccc(Oc2ccnc(CNc3cc(N4CCSCC4)ncn3)c2)cc1F. The van der Waals surface area contributed by atoms with Crippen molar-refractivity contribution < 1.29 is 13.5 Å². The molecule has 0 unspecified atom stereocenters. The third kappa shape index (κ3) is 5.11. The van der Waals surface area contributed by atoms with Gasteiger partial charge in [0.05, 0.1) is 12.2 Å². The summed E-state index contributed by atoms with van der Waals surface area (Å²) in [7, 11) is 0. The highest BCUT2D eigenvalue weighted by atomic mass is 32.2. The molecule has 3 heterocycles. The van der Waals surface area contributed by atoms with E-state index in [0.29, 0.717) is 18.1 Å². The summed E-state index contributed by atoms with van der Waals surface area (Å²) in [5.41, 5.74) is 0.722. The van der Waals surface area contributed by atoms with Crippen molar-refractivity contribution in [3.63, 3.8) is 0 Å². The molecule has 2 aromatic heterocycles. The van der Waals surface area contributed by atoms with E-state index in [2.05, 4.69) is 25.2 Å². The fraction of sp³-hybridized carbons (Fsp3) is 0.250. The van der Waals surface area contributed by atoms with Crippen LogP contribution in [0.5, 0.6) is 11.5 Å². The Labute approximate surface area is 171 Å². The second-order valence-electron chi connectivity index (χ2n) is 6.38. The lowest BCUT2D eigenvalue weighted by atomic mass is 10.3. The highest BCUT2D eigenvalue weighted by molar-refractivity contribution is 7.99. The first-order valence-corrected chi connectivity index (χ1v) is 10.3. The van der Waals surface area contributed by atoms with Crippen LogP contribution in [-0.2, 0) is 6.54 Å². The summed E-state index contributed by atoms with van der Waals surface area (Å²) in [5.74, 6) is 2.65. The zero-order valence-corrected chi connectivity index (χ0v) is 16.3. The van der Waals surface area contributed by atoms with Crippen LogP contribution in [0, 0.1) is 11.6 Å². The topological polar surface area (TPSA) is 63.2 Å². The fourth-order valence-electron chi connectivity index (χ4n) is 2.88. The number of pyridine rings is 1. The molecule has 0 radical (unpaired) electrons. The number of rotatable bonds is 6. The van der Waals surface area contributed by atoms with Gasteiger partial charge in [0.15, 0.2) is 11.6 Å². The Kier molecular flexibility index (Phi) is 6.04. The maximum Gasteiger partial charge on any atom is 0.162 e. The lowest BCUT2D eigenvalue weighted by Gasteiger charge is -2.27. The molecule has 0 atom stereocenters. The Morgan fingerprint density at radius 2 is 1.79 bits per heavy atom. The number of halogens is 2. The number of ether oxygens (including phenoxy) is 1. The van der Waals surface area contributed by atoms with E-state index in [4.69, 9.17) is 4.74 Å². The summed E-state index contributed by atoms with van der Waals surface area (Å²) in [6.07, 6.45) is 3.15. The first-order chi connectivity index (χ1) is 14.2. The normalized spacial score (nSPS) is 13.9. The maximum absolute atomic E-state index is 13.3. The van der Waals surface area contributed by atoms with E-state index in [1.54, 1.807) is 24.7 Å². The molecular formula is C20H19F2N5OS. The Balaban J connectivity index is 1.40. The van der Waals surface area contributed by atoms with Crippen LogP contribution in [0.1, 0.15) is 5.69 Å². The quantitative estimate of drug-likeness (QED) is 0.650. The van der Waals surface area contributed by atoms with Crippen molar-refractivity contribution in [3.05, 3.63) is 66.3 Å². The fourth-order valence-corrected chi connectivity index (χ4v) is 3.79. The smallest absolute Gasteiger partial charge is 0.162 e. The number of benzene rings is 1. The molecule has 0 amide bonds. The van der Waals surface area contributed by atoms with Crippen LogP contribution in [-0.4, -0.2) is 39.5 Å². The van der Waals surface area contributed by atoms with Crippen LogP contribution in [0.2, 0.25) is 0 Å². The van der Waals surface area contributed by atoms with Gasteiger partial charge in [-0.05, 0) is 18.2 Å². The van der Waals surface area contributed by atoms with Crippen molar-refractivity contribution in [1.29, 1.82) is 0 Å². The number of aromatic nitrogens is 3. The molecule has 1 aliphatic rings. The van der Waals surface area contributed by atoms with Crippen LogP contribution in [0.15, 0.2) is 48.9 Å². The van der Waals surface area contributed by atoms with Gasteiger partial charge in [0.25, 0.3) is 0 Å². The molecule has 1 N–H and O–H groups in total. The second kappa shape index (κ2) is 9.04. The summed E-state index contributed by atoms with van der Waals surface area (Å²) < 4.78 is 32.0. The molecule has 6 nitrogen and oxygen atoms in total. The Morgan fingerprint density at radius 3 is 2.62 bits per heavy atom. The van der Waals surface area contributed by atoms with Gasteiger partial charge < -0.3 is 15.0 Å². The van der Waals surface area contributed by atoms with E-state index in [-0.39, 0.29) is 5.75 Å². The molecule has 29 heavy (non-hydrogen) atoms. The third-order valence-corrected chi connectivity index (χ3v) is 5.30. The molecule has 0 aliphatic carbocycles. The van der Waals surface area contributed by atoms with Crippen molar-refractivity contribution in [3.8, 4) is 11.5 Å². The average molecular weight is 415 g/mol. The molecule has 1 saturated heterocycles. The molecule has 9 heteroatoms. The lowest BCUT2D eigenvalue weighted by Crippen LogP contribution is -2.33. The molecule has 0 bridgehead atoms. The average Bonchev–Trinajstić information content (AvgIpc) is 2.76. The molecule has 0 spiro atoms. The molecule has 0 saturated carbocycles. The van der Waals surface area contributed by atoms with Gasteiger partial charge in [0, 0.05) is 49.0 Å². The molecule has 1 aliphatic heterocycles. The number of nitrogens with zero attached hydrogens (tertiary/aromatic N) is 4. The molecule has 3 aromatic rings. The van der Waals surface area contributed by atoms with Crippen LogP contribution < -0.4 is 15.0 Å². The first kappa shape index (κ1) is 19.4. The number of hydrogen-bond acceptors (Lipinski definition) is 7. The van der Waals surface area contributed by atoms with Crippen molar-refractivity contribution in [2.75, 3.05) is 34.8 Å². The number of thioether (sulfide) groups is 1. The predicted molar refractivity (Wildman–Crippen MR) is 110 cm³/mol. The van der Waals surface area contributed by atoms with Crippen LogP contribution in [0.4, 0.5) is 20.4 Å². The van der Waals surface area contributed by atoms with E-state index in [0.717, 1.165) is 48.2 Å². The highest BCUT2D eigenvalue weighted by Gasteiger charge is 2.13. The van der Waals surface area contributed by atoms with Gasteiger partial charge in [-0.2, -0.15) is 11.8 Å². The minimum absolute atomic E-state index is 0.217. The van der Waals surface area contributed by atoms with E-state index >= 15 is 0 Å². The standard InChI is InChI=1S/C20H19F2N5OS/c21-17-2-1-15(10-18(17)22)28-16-3-4-23-14(9-16)12-24-19-11-20(26-13-25-19)27-5-7-29-8-6-27/h1-4,9-11,13H,5-8,12H2,(H,24,25,26). The van der Waals surface area contributed by atoms with Crippen LogP contribution in [0.25, 0.3) is 0 Å². The summed E-state index contributed by atoms with van der Waals surface area (Å²) in [5, 5.41) is 3.24. The van der Waals surface area contributed by atoms with Crippen molar-refractivity contribution >= 4 is 23.4 Å². The summed E-state index contributed by atoms with van der Waals surface area (Å²) in [6.45, 7) is 2.39. The molecule has 4 rings (SSSR count). The zero-order chi connectivity index (χ0) is 20.1. The predicted octanol–water partition coefficient (Wildman–Crippen LogP) is 4.11. The van der Waals surface area contributed by atoms with Gasteiger partial charge in [-0.25, -0.2) is 18.7 Å². The van der Waals surface area contributed by atoms with E-state index in [1.807, 2.05) is 17.8 Å². The summed E-state index contributed by atoms with van der Waals surface area (Å²) >= 11 is 1.95. The lowest BCUT2D eigenvalue weighted by molar-refractivity contribution is 0.460. The van der Waals surface area contributed by atoms with Crippen molar-refractivity contribution in [2.24, 2.45) is 0 Å². The van der Waals surface area contributed by atoms with Crippen LogP contribution >= 0.6 is 11.8 Å². The highest BCUT2D eigenvalue weighted by Crippen LogP contribution is 2.24. The summed E-state index contributed by atoms with van der Waals surface area (Å²) in [6, 6.07) is 8.73. The van der Waals surface area contributed by atoms with E-state index < -0.39 is 11.6 Å². The zero-order valence-electron chi connectivity index (χ0n) is 15.5. The van der Waals surface area contributed by atoms with Gasteiger partial charge in [0.1, 0.15) is 29.5 Å². The van der Waals surface area contributed by atoms with E-state index in [1.165, 1.54) is 6.07 Å². The maximum atomic E-state index is 13.3.